The minimum Gasteiger partial charge on any atom is -0.327 e. The largest absolute Gasteiger partial charge is 0.327 e. The van der Waals surface area contributed by atoms with Gasteiger partial charge in [0.05, 0.1) is 0 Å². The summed E-state index contributed by atoms with van der Waals surface area (Å²) in [6, 6.07) is 12.8. The summed E-state index contributed by atoms with van der Waals surface area (Å²) in [7, 11) is 0. The molecular weight excluding hydrogens is 391 g/mol. The third-order valence-corrected chi connectivity index (χ3v) is 5.83. The van der Waals surface area contributed by atoms with Crippen molar-refractivity contribution in [3.63, 3.8) is 0 Å². The number of nitrogens with zero attached hydrogens (tertiary/aromatic N) is 3. The summed E-state index contributed by atoms with van der Waals surface area (Å²) in [6.07, 6.45) is 1.37. The number of benzene rings is 2. The fourth-order valence-electron chi connectivity index (χ4n) is 3.42. The average molecular weight is 410 g/mol. The first-order chi connectivity index (χ1) is 14.0. The van der Waals surface area contributed by atoms with Crippen molar-refractivity contribution in [3.8, 4) is 10.6 Å². The van der Waals surface area contributed by atoms with Crippen molar-refractivity contribution in [2.24, 2.45) is 0 Å². The number of nitrogens with one attached hydrogen (secondary N) is 1. The second-order valence-electron chi connectivity index (χ2n) is 6.88. The highest BCUT2D eigenvalue weighted by molar-refractivity contribution is 7.18. The predicted octanol–water partition coefficient (Wildman–Crippen LogP) is 3.90. The Balaban J connectivity index is 1.47. The van der Waals surface area contributed by atoms with Crippen LogP contribution in [0.25, 0.3) is 10.6 Å². The Kier molecular flexibility index (Phi) is 5.35. The van der Waals surface area contributed by atoms with Gasteiger partial charge in [0.1, 0.15) is 16.9 Å². The number of hydrogen-bond acceptors (Lipinski definition) is 5. The van der Waals surface area contributed by atoms with Crippen LogP contribution in [0.3, 0.4) is 0 Å². The molecule has 1 N–H and O–H groups in total. The van der Waals surface area contributed by atoms with Gasteiger partial charge in [-0.15, -0.1) is 10.2 Å². The molecule has 4 rings (SSSR count). The Morgan fingerprint density at radius 2 is 1.90 bits per heavy atom. The zero-order chi connectivity index (χ0) is 20.4. The number of aryl methyl sites for hydroxylation is 1. The number of likely N-dealkylation sites (tertiary alicyclic amines) is 1. The molecule has 0 bridgehead atoms. The number of amides is 2. The van der Waals surface area contributed by atoms with E-state index < -0.39 is 6.04 Å². The van der Waals surface area contributed by atoms with Crippen molar-refractivity contribution in [2.75, 3.05) is 11.9 Å². The van der Waals surface area contributed by atoms with E-state index in [0.717, 1.165) is 17.5 Å². The van der Waals surface area contributed by atoms with Crippen molar-refractivity contribution in [2.45, 2.75) is 25.8 Å². The zero-order valence-electron chi connectivity index (χ0n) is 15.8. The van der Waals surface area contributed by atoms with Gasteiger partial charge in [0, 0.05) is 17.7 Å². The van der Waals surface area contributed by atoms with Crippen LogP contribution in [-0.2, 0) is 4.79 Å². The third-order valence-electron chi connectivity index (χ3n) is 4.94. The molecule has 0 radical (unpaired) electrons. The van der Waals surface area contributed by atoms with Crippen LogP contribution in [0.15, 0.2) is 48.5 Å². The smallest absolute Gasteiger partial charge is 0.254 e. The van der Waals surface area contributed by atoms with Crippen molar-refractivity contribution in [1.29, 1.82) is 0 Å². The molecular formula is C21H19FN4O2S. The number of anilines is 1. The van der Waals surface area contributed by atoms with Gasteiger partial charge < -0.3 is 4.90 Å². The van der Waals surface area contributed by atoms with E-state index >= 15 is 0 Å². The molecule has 6 nitrogen and oxygen atoms in total. The molecule has 1 atom stereocenters. The molecule has 3 aromatic rings. The van der Waals surface area contributed by atoms with Crippen molar-refractivity contribution >= 4 is 28.3 Å². The molecule has 29 heavy (non-hydrogen) atoms. The first-order valence-electron chi connectivity index (χ1n) is 9.30. The molecule has 2 heterocycles. The van der Waals surface area contributed by atoms with Gasteiger partial charge in [-0.25, -0.2) is 4.39 Å². The van der Waals surface area contributed by atoms with Crippen LogP contribution in [0, 0.1) is 12.7 Å². The highest BCUT2D eigenvalue weighted by Gasteiger charge is 2.35. The first-order valence-corrected chi connectivity index (χ1v) is 10.1. The molecule has 148 valence electrons. The van der Waals surface area contributed by atoms with Crippen LogP contribution >= 0.6 is 11.3 Å². The van der Waals surface area contributed by atoms with Crippen LogP contribution in [0.5, 0.6) is 0 Å². The second-order valence-corrected chi connectivity index (χ2v) is 7.86. The van der Waals surface area contributed by atoms with E-state index in [9.17, 15) is 14.0 Å². The van der Waals surface area contributed by atoms with Crippen LogP contribution in [0.1, 0.15) is 28.8 Å². The molecule has 1 unspecified atom stereocenters. The minimum absolute atomic E-state index is 0.134. The van der Waals surface area contributed by atoms with Crippen molar-refractivity contribution in [1.82, 2.24) is 15.1 Å². The van der Waals surface area contributed by atoms with E-state index in [0.29, 0.717) is 28.7 Å². The highest BCUT2D eigenvalue weighted by Crippen LogP contribution is 2.28. The summed E-state index contributed by atoms with van der Waals surface area (Å²) in [6.45, 7) is 2.43. The summed E-state index contributed by atoms with van der Waals surface area (Å²) >= 11 is 1.21. The Morgan fingerprint density at radius 3 is 2.66 bits per heavy atom. The van der Waals surface area contributed by atoms with Crippen molar-refractivity contribution in [3.05, 3.63) is 65.5 Å². The lowest BCUT2D eigenvalue weighted by atomic mass is 10.1. The summed E-state index contributed by atoms with van der Waals surface area (Å²) in [5, 5.41) is 11.8. The fourth-order valence-corrected chi connectivity index (χ4v) is 4.17. The number of carbonyl (C=O) groups is 2. The lowest BCUT2D eigenvalue weighted by molar-refractivity contribution is -0.119. The van der Waals surface area contributed by atoms with Gasteiger partial charge in [-0.05, 0) is 55.7 Å². The first kappa shape index (κ1) is 19.2. The topological polar surface area (TPSA) is 75.2 Å². The van der Waals surface area contributed by atoms with Gasteiger partial charge in [-0.3, -0.25) is 14.9 Å². The third kappa shape index (κ3) is 4.02. The Labute approximate surface area is 171 Å². The Bertz CT molecular complexity index is 1050. The summed E-state index contributed by atoms with van der Waals surface area (Å²) < 4.78 is 13.1. The highest BCUT2D eigenvalue weighted by atomic mass is 32.1. The van der Waals surface area contributed by atoms with E-state index in [2.05, 4.69) is 15.5 Å². The lowest BCUT2D eigenvalue weighted by Gasteiger charge is -2.24. The molecule has 2 aromatic carbocycles. The number of halogens is 1. The normalized spacial score (nSPS) is 16.1. The molecule has 1 aromatic heterocycles. The number of rotatable bonds is 4. The molecule has 0 spiro atoms. The van der Waals surface area contributed by atoms with Crippen molar-refractivity contribution < 1.29 is 14.0 Å². The van der Waals surface area contributed by atoms with Crippen LogP contribution in [0.2, 0.25) is 0 Å². The minimum atomic E-state index is -0.541. The summed E-state index contributed by atoms with van der Waals surface area (Å²) in [5.41, 5.74) is 2.22. The predicted molar refractivity (Wildman–Crippen MR) is 109 cm³/mol. The van der Waals surface area contributed by atoms with Gasteiger partial charge in [0.2, 0.25) is 11.0 Å². The number of aromatic nitrogens is 2. The van der Waals surface area contributed by atoms with E-state index in [1.54, 1.807) is 23.1 Å². The lowest BCUT2D eigenvalue weighted by Crippen LogP contribution is -2.43. The number of hydrogen-bond donors (Lipinski definition) is 1. The molecule has 1 fully saturated rings. The number of carbonyl (C=O) groups excluding carboxylic acids is 2. The monoisotopic (exact) mass is 410 g/mol. The quantitative estimate of drug-likeness (QED) is 0.708. The average Bonchev–Trinajstić information content (AvgIpc) is 3.38. The second kappa shape index (κ2) is 8.08. The van der Waals surface area contributed by atoms with Gasteiger partial charge in [-0.2, -0.15) is 0 Å². The molecule has 2 amide bonds. The molecule has 1 saturated heterocycles. The molecule has 0 saturated carbocycles. The van der Waals surface area contributed by atoms with Gasteiger partial charge in [-0.1, -0.05) is 29.5 Å². The van der Waals surface area contributed by atoms with Gasteiger partial charge in [0.25, 0.3) is 5.91 Å². The van der Waals surface area contributed by atoms with E-state index in [4.69, 9.17) is 0 Å². The maximum absolute atomic E-state index is 13.1. The molecule has 0 aliphatic carbocycles. The zero-order valence-corrected chi connectivity index (χ0v) is 16.6. The SMILES string of the molecule is Cc1ccccc1C(=O)N1CCCC1C(=O)Nc1nnc(-c2ccc(F)cc2)s1. The van der Waals surface area contributed by atoms with Gasteiger partial charge >= 0.3 is 0 Å². The van der Waals surface area contributed by atoms with E-state index in [1.165, 1.54) is 23.5 Å². The molecule has 1 aliphatic heterocycles. The van der Waals surface area contributed by atoms with Crippen LogP contribution in [0.4, 0.5) is 9.52 Å². The van der Waals surface area contributed by atoms with E-state index in [-0.39, 0.29) is 17.6 Å². The Morgan fingerprint density at radius 1 is 1.14 bits per heavy atom. The summed E-state index contributed by atoms with van der Waals surface area (Å²) in [5.74, 6) is -0.734. The fraction of sp³-hybridized carbons (Fsp3) is 0.238. The summed E-state index contributed by atoms with van der Waals surface area (Å²) in [4.78, 5) is 27.4. The maximum atomic E-state index is 13.1. The molecule has 1 aliphatic rings. The maximum Gasteiger partial charge on any atom is 0.254 e. The standard InChI is InChI=1S/C21H19FN4O2S/c1-13-5-2-3-6-16(13)20(28)26-12-4-7-17(26)18(27)23-21-25-24-19(29-21)14-8-10-15(22)11-9-14/h2-3,5-6,8-11,17H,4,7,12H2,1H3,(H,23,25,27). The Hall–Kier alpha value is -3.13. The molecule has 8 heteroatoms. The van der Waals surface area contributed by atoms with Gasteiger partial charge in [0.15, 0.2) is 0 Å². The van der Waals surface area contributed by atoms with Crippen LogP contribution < -0.4 is 5.32 Å². The van der Waals surface area contributed by atoms with Crippen LogP contribution in [-0.4, -0.2) is 39.5 Å². The van der Waals surface area contributed by atoms with E-state index in [1.807, 2.05) is 25.1 Å².